The Labute approximate surface area is 224 Å². The molecule has 11 nitrogen and oxygen atoms in total. The third kappa shape index (κ3) is 3.38. The predicted octanol–water partition coefficient (Wildman–Crippen LogP) is 0.874. The number of hydrogen-bond donors (Lipinski definition) is 5. The molecule has 0 saturated carbocycles. The predicted molar refractivity (Wildman–Crippen MR) is 134 cm³/mol. The maximum atomic E-state index is 14.1. The Morgan fingerprint density at radius 1 is 1.05 bits per heavy atom. The van der Waals surface area contributed by atoms with Gasteiger partial charge in [0.15, 0.2) is 5.78 Å². The zero-order chi connectivity index (χ0) is 28.3. The van der Waals surface area contributed by atoms with Gasteiger partial charge in [-0.2, -0.15) is 0 Å². The number of benzene rings is 2. The zero-order valence-corrected chi connectivity index (χ0v) is 22.2. The van der Waals surface area contributed by atoms with E-state index >= 15 is 0 Å². The van der Waals surface area contributed by atoms with Crippen molar-refractivity contribution in [2.24, 2.45) is 0 Å². The van der Waals surface area contributed by atoms with E-state index in [1.165, 1.54) is 19.2 Å². The summed E-state index contributed by atoms with van der Waals surface area (Å²) in [6, 6.07) is 1.90. The molecule has 2 aliphatic carbocycles. The Bertz CT molecular complexity index is 1450. The third-order valence-electron chi connectivity index (χ3n) is 8.66. The van der Waals surface area contributed by atoms with Crippen molar-refractivity contribution in [3.8, 4) is 17.2 Å². The highest BCUT2D eigenvalue weighted by atomic mass is 16.7. The summed E-state index contributed by atoms with van der Waals surface area (Å²) < 4.78 is 17.4. The second-order valence-corrected chi connectivity index (χ2v) is 11.6. The van der Waals surface area contributed by atoms with Gasteiger partial charge in [-0.1, -0.05) is 0 Å². The van der Waals surface area contributed by atoms with E-state index in [1.54, 1.807) is 32.8 Å². The molecule has 1 fully saturated rings. The molecule has 5 N–H and O–H groups in total. The Morgan fingerprint density at radius 2 is 1.74 bits per heavy atom. The number of methoxy groups -OCH3 is 1. The van der Waals surface area contributed by atoms with Crippen molar-refractivity contribution >= 4 is 11.6 Å². The van der Waals surface area contributed by atoms with Gasteiger partial charge in [-0.25, -0.2) is 0 Å². The number of nitrogens with zero attached hydrogens (tertiary/aromatic N) is 1. The standard InChI is InChI=1S/C28H31NO10/c1-27(36)8-10-6-11-16(21(32)15(10)14(9-27)37-5)22(33)17-13(30)7-12-24(18(17)20(11)31)38-26-23(34)19(29(3)4)25(35)28(12,2)39-26/h6-7,14,19,23,25-26,30,32,34-36H,8-9H2,1-5H3/t14-,19-,23-,25-,26+,27+,28+/m0/s1. The van der Waals surface area contributed by atoms with E-state index in [2.05, 4.69) is 0 Å². The highest BCUT2D eigenvalue weighted by Crippen LogP contribution is 2.54. The summed E-state index contributed by atoms with van der Waals surface area (Å²) in [5.74, 6) is -2.54. The average molecular weight is 542 g/mol. The molecule has 2 heterocycles. The molecule has 11 heteroatoms. The topological polar surface area (TPSA) is 166 Å². The van der Waals surface area contributed by atoms with Gasteiger partial charge in [0.25, 0.3) is 0 Å². The first kappa shape index (κ1) is 26.2. The average Bonchev–Trinajstić information content (AvgIpc) is 2.84. The lowest BCUT2D eigenvalue weighted by Crippen LogP contribution is -2.68. The summed E-state index contributed by atoms with van der Waals surface area (Å²) in [6.45, 7) is 3.19. The fourth-order valence-electron chi connectivity index (χ4n) is 6.76. The van der Waals surface area contributed by atoms with Crippen LogP contribution in [-0.2, 0) is 21.5 Å². The van der Waals surface area contributed by atoms with Crippen molar-refractivity contribution in [3.05, 3.63) is 51.1 Å². The summed E-state index contributed by atoms with van der Waals surface area (Å²) in [5, 5.41) is 55.4. The van der Waals surface area contributed by atoms with E-state index in [0.717, 1.165) is 0 Å². The van der Waals surface area contributed by atoms with Crippen molar-refractivity contribution in [2.45, 2.75) is 68.5 Å². The first-order valence-electron chi connectivity index (χ1n) is 12.7. The third-order valence-corrected chi connectivity index (χ3v) is 8.66. The van der Waals surface area contributed by atoms with Gasteiger partial charge in [0.2, 0.25) is 12.1 Å². The second-order valence-electron chi connectivity index (χ2n) is 11.6. The van der Waals surface area contributed by atoms with Crippen LogP contribution >= 0.6 is 0 Å². The molecule has 2 aromatic rings. The van der Waals surface area contributed by atoms with E-state index in [-0.39, 0.29) is 46.4 Å². The molecular formula is C28H31NO10. The van der Waals surface area contributed by atoms with Crippen molar-refractivity contribution in [1.29, 1.82) is 0 Å². The molecule has 4 aliphatic rings. The van der Waals surface area contributed by atoms with E-state index in [0.29, 0.717) is 11.1 Å². The number of aromatic hydroxyl groups is 2. The number of ether oxygens (including phenoxy) is 3. The van der Waals surface area contributed by atoms with Crippen LogP contribution < -0.4 is 4.74 Å². The number of fused-ring (bicyclic) bond motifs is 8. The number of phenolic OH excluding ortho intramolecular Hbond substituents is 2. The minimum atomic E-state index is -1.50. The molecular weight excluding hydrogens is 510 g/mol. The highest BCUT2D eigenvalue weighted by Gasteiger charge is 2.59. The SMILES string of the molecule is CO[C@H]1C[C@](C)(O)Cc2cc3c(c(O)c21)C(=O)c1c(O)cc2c(c1C3=O)O[C@@H]1O[C@@]2(C)[C@@H](O)[C@@H](N(C)C)[C@@H]1O. The van der Waals surface area contributed by atoms with E-state index in [9.17, 15) is 35.1 Å². The second kappa shape index (κ2) is 8.23. The summed E-state index contributed by atoms with van der Waals surface area (Å²) in [6.07, 6.45) is -4.29. The number of ketones is 2. The van der Waals surface area contributed by atoms with Gasteiger partial charge in [0.05, 0.1) is 34.4 Å². The Morgan fingerprint density at radius 3 is 2.38 bits per heavy atom. The Balaban J connectivity index is 1.58. The summed E-state index contributed by atoms with van der Waals surface area (Å²) in [4.78, 5) is 29.5. The first-order chi connectivity index (χ1) is 18.2. The number of phenols is 2. The minimum Gasteiger partial charge on any atom is -0.507 e. The normalized spacial score (nSPS) is 34.6. The van der Waals surface area contributed by atoms with Crippen LogP contribution in [0, 0.1) is 0 Å². The van der Waals surface area contributed by atoms with E-state index < -0.39 is 64.9 Å². The molecule has 0 radical (unpaired) electrons. The van der Waals surface area contributed by atoms with Crippen molar-refractivity contribution in [1.82, 2.24) is 4.90 Å². The maximum absolute atomic E-state index is 14.1. The summed E-state index contributed by atoms with van der Waals surface area (Å²) >= 11 is 0. The summed E-state index contributed by atoms with van der Waals surface area (Å²) in [5.41, 5.74) is -2.71. The van der Waals surface area contributed by atoms with Crippen LogP contribution in [0.4, 0.5) is 0 Å². The van der Waals surface area contributed by atoms with Gasteiger partial charge in [0.1, 0.15) is 35.1 Å². The van der Waals surface area contributed by atoms with Gasteiger partial charge in [-0.3, -0.25) is 9.59 Å². The lowest BCUT2D eigenvalue weighted by Gasteiger charge is -2.53. The first-order valence-corrected chi connectivity index (χ1v) is 12.7. The molecule has 0 aromatic heterocycles. The fourth-order valence-corrected chi connectivity index (χ4v) is 6.76. The van der Waals surface area contributed by atoms with Crippen LogP contribution in [0.15, 0.2) is 12.1 Å². The molecule has 1 saturated heterocycles. The van der Waals surface area contributed by atoms with Crippen LogP contribution in [0.2, 0.25) is 0 Å². The van der Waals surface area contributed by atoms with Gasteiger partial charge < -0.3 is 44.6 Å². The van der Waals surface area contributed by atoms with Gasteiger partial charge in [-0.15, -0.1) is 0 Å². The lowest BCUT2D eigenvalue weighted by molar-refractivity contribution is -0.311. The van der Waals surface area contributed by atoms with Crippen molar-refractivity contribution < 1.29 is 49.3 Å². The quantitative estimate of drug-likeness (QED) is 0.312. The van der Waals surface area contributed by atoms with Crippen molar-refractivity contribution in [2.75, 3.05) is 21.2 Å². The lowest BCUT2D eigenvalue weighted by atomic mass is 9.72. The van der Waals surface area contributed by atoms with Gasteiger partial charge in [-0.05, 0) is 45.6 Å². The number of rotatable bonds is 2. The zero-order valence-electron chi connectivity index (χ0n) is 22.2. The molecule has 208 valence electrons. The molecule has 7 atom stereocenters. The number of carbonyl (C=O) groups is 2. The fraction of sp³-hybridized carbons (Fsp3) is 0.500. The number of hydrogen-bond acceptors (Lipinski definition) is 11. The van der Waals surface area contributed by atoms with E-state index in [4.69, 9.17) is 14.2 Å². The molecule has 0 amide bonds. The highest BCUT2D eigenvalue weighted by molar-refractivity contribution is 6.31. The maximum Gasteiger partial charge on any atom is 0.228 e. The number of aliphatic hydroxyl groups is 3. The number of aliphatic hydroxyl groups excluding tert-OH is 2. The van der Waals surface area contributed by atoms with Crippen LogP contribution in [0.5, 0.6) is 17.2 Å². The number of likely N-dealkylation sites (N-methyl/N-ethyl adjacent to an activating group) is 1. The number of carbonyl (C=O) groups excluding carboxylic acids is 2. The Hall–Kier alpha value is -3.06. The van der Waals surface area contributed by atoms with Crippen LogP contribution in [0.25, 0.3) is 0 Å². The molecule has 2 bridgehead atoms. The molecule has 6 rings (SSSR count). The molecule has 0 spiro atoms. The van der Waals surface area contributed by atoms with Gasteiger partial charge in [0, 0.05) is 36.6 Å². The van der Waals surface area contributed by atoms with Gasteiger partial charge >= 0.3 is 0 Å². The molecule has 0 unspecified atom stereocenters. The Kier molecular flexibility index (Phi) is 5.52. The van der Waals surface area contributed by atoms with Crippen LogP contribution in [0.1, 0.15) is 74.9 Å². The van der Waals surface area contributed by atoms with E-state index in [1.807, 2.05) is 0 Å². The van der Waals surface area contributed by atoms with Crippen molar-refractivity contribution in [3.63, 3.8) is 0 Å². The summed E-state index contributed by atoms with van der Waals surface area (Å²) in [7, 11) is 4.80. The molecule has 39 heavy (non-hydrogen) atoms. The largest absolute Gasteiger partial charge is 0.507 e. The monoisotopic (exact) mass is 541 g/mol. The van der Waals surface area contributed by atoms with Crippen LogP contribution in [0.3, 0.4) is 0 Å². The molecule has 2 aromatic carbocycles. The smallest absolute Gasteiger partial charge is 0.228 e. The molecule has 2 aliphatic heterocycles. The van der Waals surface area contributed by atoms with Crippen LogP contribution in [-0.4, -0.2) is 93.3 Å². The minimum absolute atomic E-state index is 0.0835.